The van der Waals surface area contributed by atoms with Crippen molar-refractivity contribution < 1.29 is 24.2 Å². The van der Waals surface area contributed by atoms with Crippen LogP contribution in [0.2, 0.25) is 0 Å². The van der Waals surface area contributed by atoms with E-state index in [1.165, 1.54) is 4.90 Å². The Labute approximate surface area is 237 Å². The van der Waals surface area contributed by atoms with Crippen LogP contribution in [0.1, 0.15) is 82.2 Å². The van der Waals surface area contributed by atoms with Crippen molar-refractivity contribution in [1.82, 2.24) is 0 Å². The van der Waals surface area contributed by atoms with Gasteiger partial charge < -0.3 is 14.6 Å². The van der Waals surface area contributed by atoms with Crippen LogP contribution in [-0.2, 0) is 15.0 Å². The van der Waals surface area contributed by atoms with Crippen molar-refractivity contribution in [2.45, 2.75) is 65.3 Å². The van der Waals surface area contributed by atoms with Gasteiger partial charge >= 0.3 is 0 Å². The number of amides is 1. The van der Waals surface area contributed by atoms with Crippen LogP contribution in [0.15, 0.2) is 72.3 Å². The minimum absolute atomic E-state index is 0.0493. The maximum absolute atomic E-state index is 13.6. The maximum Gasteiger partial charge on any atom is 0.300 e. The average Bonchev–Trinajstić information content (AvgIpc) is 3.20. The summed E-state index contributed by atoms with van der Waals surface area (Å²) >= 11 is 0. The van der Waals surface area contributed by atoms with Crippen LogP contribution in [0.3, 0.4) is 0 Å². The molecular weight excluding hydrogens is 502 g/mol. The lowest BCUT2D eigenvalue weighted by Gasteiger charge is -2.27. The molecule has 0 aliphatic carbocycles. The molecule has 1 atom stereocenters. The predicted octanol–water partition coefficient (Wildman–Crippen LogP) is 7.53. The zero-order valence-corrected chi connectivity index (χ0v) is 24.4. The highest BCUT2D eigenvalue weighted by molar-refractivity contribution is 6.51. The van der Waals surface area contributed by atoms with E-state index in [0.717, 1.165) is 23.1 Å². The molecule has 40 heavy (non-hydrogen) atoms. The second kappa shape index (κ2) is 11.6. The lowest BCUT2D eigenvalue weighted by molar-refractivity contribution is -0.132. The Morgan fingerprint density at radius 1 is 1.00 bits per heavy atom. The molecule has 0 radical (unpaired) electrons. The maximum atomic E-state index is 13.6. The molecule has 1 saturated heterocycles. The van der Waals surface area contributed by atoms with Gasteiger partial charge in [0.2, 0.25) is 0 Å². The van der Waals surface area contributed by atoms with Crippen molar-refractivity contribution in [3.05, 3.63) is 94.6 Å². The lowest BCUT2D eigenvalue weighted by atomic mass is 9.85. The monoisotopic (exact) mass is 541 g/mol. The van der Waals surface area contributed by atoms with Gasteiger partial charge in [-0.1, -0.05) is 71.9 Å². The molecule has 6 nitrogen and oxygen atoms in total. The van der Waals surface area contributed by atoms with E-state index < -0.39 is 17.7 Å². The average molecular weight is 542 g/mol. The number of ether oxygens (including phenoxy) is 2. The molecule has 1 fully saturated rings. The molecule has 0 aromatic heterocycles. The van der Waals surface area contributed by atoms with Crippen LogP contribution in [0.25, 0.3) is 5.76 Å². The molecule has 4 rings (SSSR count). The number of hydrogen-bond acceptors (Lipinski definition) is 5. The third-order valence-electron chi connectivity index (χ3n) is 7.23. The van der Waals surface area contributed by atoms with Crippen molar-refractivity contribution in [2.75, 3.05) is 18.6 Å². The van der Waals surface area contributed by atoms with Gasteiger partial charge in [-0.05, 0) is 64.8 Å². The van der Waals surface area contributed by atoms with E-state index in [0.29, 0.717) is 29.4 Å². The largest absolute Gasteiger partial charge is 0.507 e. The number of hydrogen-bond donors (Lipinski definition) is 1. The smallest absolute Gasteiger partial charge is 0.300 e. The molecule has 1 heterocycles. The number of benzene rings is 3. The van der Waals surface area contributed by atoms with E-state index >= 15 is 0 Å². The number of ketones is 1. The number of aliphatic hydroxyl groups excluding tert-OH is 1. The molecule has 1 aliphatic heterocycles. The van der Waals surface area contributed by atoms with Crippen LogP contribution in [0.5, 0.6) is 11.5 Å². The molecule has 0 bridgehead atoms. The number of carbonyl (C=O) groups is 2. The fourth-order valence-corrected chi connectivity index (χ4v) is 5.01. The molecule has 0 saturated carbocycles. The van der Waals surface area contributed by atoms with Crippen LogP contribution < -0.4 is 14.4 Å². The van der Waals surface area contributed by atoms with Crippen molar-refractivity contribution in [3.8, 4) is 11.5 Å². The number of methoxy groups -OCH3 is 1. The van der Waals surface area contributed by atoms with Crippen LogP contribution in [0.4, 0.5) is 5.69 Å². The Hall–Kier alpha value is -4.06. The second-order valence-electron chi connectivity index (χ2n) is 11.5. The van der Waals surface area contributed by atoms with Gasteiger partial charge in [0.05, 0.1) is 25.3 Å². The summed E-state index contributed by atoms with van der Waals surface area (Å²) in [6.07, 6.45) is 0.842. The number of rotatable bonds is 8. The number of carbonyl (C=O) groups excluding carboxylic acids is 2. The first kappa shape index (κ1) is 28.9. The quantitative estimate of drug-likeness (QED) is 0.181. The molecule has 1 unspecified atom stereocenters. The summed E-state index contributed by atoms with van der Waals surface area (Å²) in [4.78, 5) is 28.7. The standard InChI is InChI=1S/C34H39NO5/c1-8-18-40-26-11-9-10-25(20-26)35-30(22-12-15-24(16-13-22)34(4,5)6)29(32(37)33(35)38)31(36)23-14-17-28(39-7)27(19-23)21(2)3/h9-17,19-21,30,36H,8,18H2,1-7H3/b31-29-. The molecule has 0 spiro atoms. The van der Waals surface area contributed by atoms with E-state index in [1.54, 1.807) is 37.4 Å². The summed E-state index contributed by atoms with van der Waals surface area (Å²) < 4.78 is 11.3. The number of aliphatic hydroxyl groups is 1. The summed E-state index contributed by atoms with van der Waals surface area (Å²) in [7, 11) is 1.60. The first-order chi connectivity index (χ1) is 19.0. The number of anilines is 1. The highest BCUT2D eigenvalue weighted by atomic mass is 16.5. The first-order valence-electron chi connectivity index (χ1n) is 13.8. The Kier molecular flexibility index (Phi) is 8.38. The van der Waals surface area contributed by atoms with Crippen molar-refractivity contribution in [1.29, 1.82) is 0 Å². The molecule has 3 aromatic carbocycles. The van der Waals surface area contributed by atoms with Crippen LogP contribution in [0, 0.1) is 0 Å². The fraction of sp³-hybridized carbons (Fsp3) is 0.353. The summed E-state index contributed by atoms with van der Waals surface area (Å²) in [5.74, 6) is -0.212. The fourth-order valence-electron chi connectivity index (χ4n) is 5.01. The highest BCUT2D eigenvalue weighted by Crippen LogP contribution is 2.44. The van der Waals surface area contributed by atoms with Crippen molar-refractivity contribution in [3.63, 3.8) is 0 Å². The minimum atomic E-state index is -0.819. The third kappa shape index (κ3) is 5.62. The van der Waals surface area contributed by atoms with Crippen LogP contribution >= 0.6 is 0 Å². The minimum Gasteiger partial charge on any atom is -0.507 e. The van der Waals surface area contributed by atoms with E-state index in [1.807, 2.05) is 57.2 Å². The van der Waals surface area contributed by atoms with Crippen molar-refractivity contribution in [2.24, 2.45) is 0 Å². The van der Waals surface area contributed by atoms with Gasteiger partial charge in [0, 0.05) is 17.3 Å². The van der Waals surface area contributed by atoms with E-state index in [-0.39, 0.29) is 22.7 Å². The van der Waals surface area contributed by atoms with Crippen LogP contribution in [-0.4, -0.2) is 30.5 Å². The molecule has 1 amide bonds. The van der Waals surface area contributed by atoms with Gasteiger partial charge in [-0.15, -0.1) is 0 Å². The highest BCUT2D eigenvalue weighted by Gasteiger charge is 2.47. The Morgan fingerprint density at radius 2 is 1.70 bits per heavy atom. The Morgan fingerprint density at radius 3 is 2.30 bits per heavy atom. The first-order valence-corrected chi connectivity index (χ1v) is 13.8. The van der Waals surface area contributed by atoms with Gasteiger partial charge in [-0.3, -0.25) is 14.5 Å². The molecule has 3 aromatic rings. The predicted molar refractivity (Wildman–Crippen MR) is 159 cm³/mol. The van der Waals surface area contributed by atoms with E-state index in [4.69, 9.17) is 9.47 Å². The normalized spacial score (nSPS) is 17.0. The lowest BCUT2D eigenvalue weighted by Crippen LogP contribution is -2.29. The SMILES string of the molecule is CCCOc1cccc(N2C(=O)C(=O)/C(=C(\O)c3ccc(OC)c(C(C)C)c3)C2c2ccc(C(C)(C)C)cc2)c1. The number of Topliss-reactive ketones (excluding diaryl/α,β-unsaturated/α-hetero) is 1. The van der Waals surface area contributed by atoms with Gasteiger partial charge in [-0.25, -0.2) is 0 Å². The van der Waals surface area contributed by atoms with E-state index in [9.17, 15) is 14.7 Å². The summed E-state index contributed by atoms with van der Waals surface area (Å²) in [5.41, 5.74) is 3.71. The third-order valence-corrected chi connectivity index (χ3v) is 7.23. The zero-order valence-electron chi connectivity index (χ0n) is 24.4. The zero-order chi connectivity index (χ0) is 29.2. The second-order valence-corrected chi connectivity index (χ2v) is 11.5. The van der Waals surface area contributed by atoms with Gasteiger partial charge in [-0.2, -0.15) is 0 Å². The summed E-state index contributed by atoms with van der Waals surface area (Å²) in [6, 6.07) is 19.6. The Bertz CT molecular complexity index is 1430. The molecule has 210 valence electrons. The molecule has 6 heteroatoms. The van der Waals surface area contributed by atoms with Gasteiger partial charge in [0.15, 0.2) is 0 Å². The molecule has 1 N–H and O–H groups in total. The van der Waals surface area contributed by atoms with Gasteiger partial charge in [0.1, 0.15) is 17.3 Å². The topological polar surface area (TPSA) is 76.1 Å². The summed E-state index contributed by atoms with van der Waals surface area (Å²) in [5, 5.41) is 11.6. The number of nitrogens with zero attached hydrogens (tertiary/aromatic N) is 1. The Balaban J connectivity index is 1.92. The van der Waals surface area contributed by atoms with Gasteiger partial charge in [0.25, 0.3) is 11.7 Å². The molecular formula is C34H39NO5. The van der Waals surface area contributed by atoms with Crippen molar-refractivity contribution >= 4 is 23.1 Å². The van der Waals surface area contributed by atoms with E-state index in [2.05, 4.69) is 20.8 Å². The molecule has 1 aliphatic rings. The summed E-state index contributed by atoms with van der Waals surface area (Å²) in [6.45, 7) is 13.0.